The fourth-order valence-corrected chi connectivity index (χ4v) is 3.03. The van der Waals surface area contributed by atoms with E-state index in [0.717, 1.165) is 11.3 Å². The lowest BCUT2D eigenvalue weighted by Crippen LogP contribution is -2.06. The van der Waals surface area contributed by atoms with Crippen molar-refractivity contribution in [2.75, 3.05) is 0 Å². The van der Waals surface area contributed by atoms with E-state index in [1.165, 1.54) is 17.4 Å². The maximum absolute atomic E-state index is 11.8. The van der Waals surface area contributed by atoms with Gasteiger partial charge in [0.05, 0.1) is 15.3 Å². The van der Waals surface area contributed by atoms with Crippen molar-refractivity contribution in [3.05, 3.63) is 44.0 Å². The van der Waals surface area contributed by atoms with E-state index in [1.807, 2.05) is 0 Å². The molecule has 8 heteroatoms. The Bertz CT molecular complexity index is 802. The van der Waals surface area contributed by atoms with E-state index in [4.69, 9.17) is 0 Å². The summed E-state index contributed by atoms with van der Waals surface area (Å²) in [6.45, 7) is 0. The highest BCUT2D eigenvalue weighted by molar-refractivity contribution is 7.18. The highest BCUT2D eigenvalue weighted by Gasteiger charge is 2.14. The van der Waals surface area contributed by atoms with Crippen LogP contribution in [0.3, 0.4) is 0 Å². The average molecular weight is 279 g/mol. The van der Waals surface area contributed by atoms with Gasteiger partial charge in [0.2, 0.25) is 0 Å². The molecule has 0 unspecified atom stereocenters. The second kappa shape index (κ2) is 4.00. The van der Waals surface area contributed by atoms with Crippen LogP contribution in [0.15, 0.2) is 28.4 Å². The first-order valence-corrected chi connectivity index (χ1v) is 6.57. The van der Waals surface area contributed by atoms with Gasteiger partial charge in [-0.25, -0.2) is 4.98 Å². The Balaban J connectivity index is 2.18. The number of fused-ring (bicyclic) bond motifs is 1. The van der Waals surface area contributed by atoms with E-state index >= 15 is 0 Å². The molecule has 3 heterocycles. The van der Waals surface area contributed by atoms with Crippen molar-refractivity contribution in [3.63, 3.8) is 0 Å². The standard InChI is InChI=1S/C10H5N3O3S2/c14-10-8-5(3-4-17-8)11-9(12-10)6-1-2-7(18-6)13(15)16/h1-4H,(H,11,12,14). The number of thiophene rings is 2. The van der Waals surface area contributed by atoms with Crippen LogP contribution in [0.25, 0.3) is 20.9 Å². The number of aromatic amines is 1. The second-order valence-corrected chi connectivity index (χ2v) is 5.42. The summed E-state index contributed by atoms with van der Waals surface area (Å²) in [4.78, 5) is 29.4. The summed E-state index contributed by atoms with van der Waals surface area (Å²) in [7, 11) is 0. The summed E-state index contributed by atoms with van der Waals surface area (Å²) in [6, 6.07) is 4.73. The number of nitro groups is 1. The van der Waals surface area contributed by atoms with Crippen LogP contribution in [0.5, 0.6) is 0 Å². The van der Waals surface area contributed by atoms with Gasteiger partial charge in [-0.3, -0.25) is 14.9 Å². The van der Waals surface area contributed by atoms with Crippen molar-refractivity contribution in [1.29, 1.82) is 0 Å². The minimum atomic E-state index is -0.463. The van der Waals surface area contributed by atoms with Gasteiger partial charge in [-0.2, -0.15) is 0 Å². The maximum Gasteiger partial charge on any atom is 0.324 e. The van der Waals surface area contributed by atoms with E-state index in [0.29, 0.717) is 20.9 Å². The number of hydrogen-bond donors (Lipinski definition) is 1. The van der Waals surface area contributed by atoms with Gasteiger partial charge in [0.1, 0.15) is 4.70 Å². The van der Waals surface area contributed by atoms with Crippen LogP contribution >= 0.6 is 22.7 Å². The molecule has 3 aromatic rings. The fraction of sp³-hybridized carbons (Fsp3) is 0. The molecule has 0 spiro atoms. The highest BCUT2D eigenvalue weighted by atomic mass is 32.1. The van der Waals surface area contributed by atoms with Crippen molar-refractivity contribution < 1.29 is 4.92 Å². The number of nitrogens with zero attached hydrogens (tertiary/aromatic N) is 2. The number of hydrogen-bond acceptors (Lipinski definition) is 6. The summed E-state index contributed by atoms with van der Waals surface area (Å²) in [6.07, 6.45) is 0. The Kier molecular flexibility index (Phi) is 2.46. The molecule has 0 saturated heterocycles. The first kappa shape index (κ1) is 11.1. The van der Waals surface area contributed by atoms with Crippen molar-refractivity contribution in [3.8, 4) is 10.7 Å². The molecule has 0 radical (unpaired) electrons. The number of H-pyrrole nitrogens is 1. The average Bonchev–Trinajstić information content (AvgIpc) is 2.97. The van der Waals surface area contributed by atoms with Crippen LogP contribution in [0, 0.1) is 10.1 Å². The van der Waals surface area contributed by atoms with Gasteiger partial charge in [-0.05, 0) is 17.5 Å². The first-order chi connectivity index (χ1) is 8.65. The molecule has 0 amide bonds. The molecule has 3 aromatic heterocycles. The van der Waals surface area contributed by atoms with Crippen molar-refractivity contribution in [2.24, 2.45) is 0 Å². The van der Waals surface area contributed by atoms with E-state index in [2.05, 4.69) is 9.97 Å². The normalized spacial score (nSPS) is 10.9. The Morgan fingerprint density at radius 1 is 1.33 bits per heavy atom. The topological polar surface area (TPSA) is 88.9 Å². The Hall–Kier alpha value is -2.06. The molecule has 1 N–H and O–H groups in total. The Morgan fingerprint density at radius 2 is 2.17 bits per heavy atom. The van der Waals surface area contributed by atoms with Gasteiger partial charge in [0.25, 0.3) is 5.56 Å². The Labute approximate surface area is 108 Å². The lowest BCUT2D eigenvalue weighted by molar-refractivity contribution is -0.380. The Morgan fingerprint density at radius 3 is 2.89 bits per heavy atom. The van der Waals surface area contributed by atoms with Crippen LogP contribution in [-0.2, 0) is 0 Å². The van der Waals surface area contributed by atoms with Gasteiger partial charge in [0.15, 0.2) is 5.82 Å². The minimum absolute atomic E-state index is 0.0260. The zero-order valence-electron chi connectivity index (χ0n) is 8.75. The largest absolute Gasteiger partial charge is 0.324 e. The quantitative estimate of drug-likeness (QED) is 0.576. The molecule has 90 valence electrons. The third-order valence-electron chi connectivity index (χ3n) is 2.32. The second-order valence-electron chi connectivity index (χ2n) is 3.44. The molecule has 0 atom stereocenters. The number of rotatable bonds is 2. The van der Waals surface area contributed by atoms with Crippen LogP contribution in [0.4, 0.5) is 5.00 Å². The van der Waals surface area contributed by atoms with Crippen LogP contribution in [-0.4, -0.2) is 14.9 Å². The third kappa shape index (κ3) is 1.71. The van der Waals surface area contributed by atoms with Crippen molar-refractivity contribution >= 4 is 37.9 Å². The van der Waals surface area contributed by atoms with Crippen LogP contribution in [0.1, 0.15) is 0 Å². The molecular weight excluding hydrogens is 274 g/mol. The van der Waals surface area contributed by atoms with Gasteiger partial charge in [-0.15, -0.1) is 11.3 Å². The van der Waals surface area contributed by atoms with E-state index in [-0.39, 0.29) is 10.6 Å². The first-order valence-electron chi connectivity index (χ1n) is 4.87. The van der Waals surface area contributed by atoms with Crippen LogP contribution in [0.2, 0.25) is 0 Å². The molecule has 3 rings (SSSR count). The van der Waals surface area contributed by atoms with Crippen LogP contribution < -0.4 is 5.56 Å². The third-order valence-corrected chi connectivity index (χ3v) is 4.27. The van der Waals surface area contributed by atoms with E-state index in [1.54, 1.807) is 17.5 Å². The molecule has 0 saturated carbocycles. The summed E-state index contributed by atoms with van der Waals surface area (Å²) < 4.78 is 0.560. The predicted octanol–water partition coefficient (Wildman–Crippen LogP) is 2.62. The summed E-state index contributed by atoms with van der Waals surface area (Å²) in [5, 5.41) is 12.4. The molecule has 0 bridgehead atoms. The SMILES string of the molecule is O=c1[nH]c(-c2ccc([N+](=O)[O-])s2)nc2ccsc12. The minimum Gasteiger partial charge on any atom is -0.305 e. The highest BCUT2D eigenvalue weighted by Crippen LogP contribution is 2.30. The van der Waals surface area contributed by atoms with Gasteiger partial charge >= 0.3 is 5.00 Å². The summed E-state index contributed by atoms with van der Waals surface area (Å²) in [5.74, 6) is 0.365. The van der Waals surface area contributed by atoms with Crippen molar-refractivity contribution in [2.45, 2.75) is 0 Å². The maximum atomic E-state index is 11.8. The van der Waals surface area contributed by atoms with E-state index < -0.39 is 4.92 Å². The lowest BCUT2D eigenvalue weighted by Gasteiger charge is -1.95. The van der Waals surface area contributed by atoms with Crippen molar-refractivity contribution in [1.82, 2.24) is 9.97 Å². The van der Waals surface area contributed by atoms with E-state index in [9.17, 15) is 14.9 Å². The molecule has 0 aliphatic carbocycles. The fourth-order valence-electron chi connectivity index (χ4n) is 1.54. The van der Waals surface area contributed by atoms with Gasteiger partial charge < -0.3 is 4.98 Å². The summed E-state index contributed by atoms with van der Waals surface area (Å²) >= 11 is 2.30. The van der Waals surface area contributed by atoms with Gasteiger partial charge in [-0.1, -0.05) is 11.3 Å². The molecule has 0 aliphatic rings. The molecule has 0 aromatic carbocycles. The van der Waals surface area contributed by atoms with Gasteiger partial charge in [0, 0.05) is 6.07 Å². The smallest absolute Gasteiger partial charge is 0.305 e. The lowest BCUT2D eigenvalue weighted by atomic mass is 10.4. The zero-order valence-corrected chi connectivity index (χ0v) is 10.4. The monoisotopic (exact) mass is 279 g/mol. The molecule has 0 aliphatic heterocycles. The molecular formula is C10H5N3O3S2. The number of aromatic nitrogens is 2. The molecule has 0 fully saturated rings. The predicted molar refractivity (Wildman–Crippen MR) is 70.2 cm³/mol. The zero-order chi connectivity index (χ0) is 12.7. The molecule has 18 heavy (non-hydrogen) atoms. The molecule has 6 nitrogen and oxygen atoms in total. The summed E-state index contributed by atoms with van der Waals surface area (Å²) in [5.41, 5.74) is 0.385. The number of nitrogens with one attached hydrogen (secondary N) is 1.